The minimum atomic E-state index is -4.74. The highest BCUT2D eigenvalue weighted by Gasteiger charge is 2.38. The maximum absolute atomic E-state index is 12.6. The number of nitrogens with one attached hydrogen (secondary N) is 1. The number of fused-ring (bicyclic) bond motifs is 1. The van der Waals surface area contributed by atoms with E-state index in [4.69, 9.17) is 4.74 Å². The number of para-hydroxylation sites is 1. The lowest BCUT2D eigenvalue weighted by molar-refractivity contribution is -0.159. The van der Waals surface area contributed by atoms with E-state index < -0.39 is 18.2 Å². The molecule has 8 nitrogen and oxygen atoms in total. The van der Waals surface area contributed by atoms with Crippen molar-refractivity contribution in [3.63, 3.8) is 0 Å². The molecule has 0 radical (unpaired) electrons. The number of carbonyl (C=O) groups excluding carboxylic acids is 1. The Labute approximate surface area is 173 Å². The Morgan fingerprint density at radius 1 is 1.16 bits per heavy atom. The number of alkyl halides is 3. The molecular formula is C20H14F3N5O3. The highest BCUT2D eigenvalue weighted by atomic mass is 19.4. The van der Waals surface area contributed by atoms with Crippen LogP contribution < -0.4 is 5.32 Å². The Bertz CT molecular complexity index is 1260. The molecule has 0 saturated carbocycles. The molecule has 0 saturated heterocycles. The second-order valence-electron chi connectivity index (χ2n) is 6.54. The maximum atomic E-state index is 12.6. The van der Waals surface area contributed by atoms with Crippen molar-refractivity contribution in [1.29, 1.82) is 0 Å². The molecule has 1 aromatic carbocycles. The molecule has 3 aromatic heterocycles. The number of carbonyl (C=O) groups is 1. The molecule has 0 bridgehead atoms. The van der Waals surface area contributed by atoms with Crippen LogP contribution in [0.3, 0.4) is 0 Å². The fourth-order valence-corrected chi connectivity index (χ4v) is 2.74. The van der Waals surface area contributed by atoms with Crippen LogP contribution in [0.5, 0.6) is 0 Å². The number of aromatic nitrogens is 4. The van der Waals surface area contributed by atoms with E-state index in [2.05, 4.69) is 29.9 Å². The van der Waals surface area contributed by atoms with Crippen LogP contribution >= 0.6 is 0 Å². The van der Waals surface area contributed by atoms with E-state index in [1.165, 1.54) is 12.3 Å². The molecule has 1 N–H and O–H groups in total. The maximum Gasteiger partial charge on any atom is 0.471 e. The zero-order chi connectivity index (χ0) is 22.0. The van der Waals surface area contributed by atoms with Crippen molar-refractivity contribution >= 4 is 22.7 Å². The Hall–Kier alpha value is -4.02. The van der Waals surface area contributed by atoms with Gasteiger partial charge < -0.3 is 9.26 Å². The monoisotopic (exact) mass is 429 g/mol. The number of benzene rings is 1. The summed E-state index contributed by atoms with van der Waals surface area (Å²) in [6.45, 7) is 1.65. The van der Waals surface area contributed by atoms with E-state index in [9.17, 15) is 18.0 Å². The molecule has 0 atom stereocenters. The van der Waals surface area contributed by atoms with Gasteiger partial charge in [0.25, 0.3) is 0 Å². The van der Waals surface area contributed by atoms with Crippen molar-refractivity contribution in [2.45, 2.75) is 19.7 Å². The summed E-state index contributed by atoms with van der Waals surface area (Å²) in [5.74, 6) is -1.77. The summed E-state index contributed by atoms with van der Waals surface area (Å²) >= 11 is 0. The first-order valence-electron chi connectivity index (χ1n) is 8.95. The SMILES string of the molecule is Cc1cc(-c2noc(C(F)(F)F)n2)ncc1NC(=O)OCc1cnc2ccccc2c1. The van der Waals surface area contributed by atoms with E-state index >= 15 is 0 Å². The summed E-state index contributed by atoms with van der Waals surface area (Å²) < 4.78 is 47.2. The average Bonchev–Trinajstić information content (AvgIpc) is 3.24. The molecule has 11 heteroatoms. The van der Waals surface area contributed by atoms with Crippen LogP contribution in [0.4, 0.5) is 23.7 Å². The minimum absolute atomic E-state index is 0.0112. The first kappa shape index (κ1) is 20.3. The van der Waals surface area contributed by atoms with Gasteiger partial charge in [0.2, 0.25) is 5.82 Å². The largest absolute Gasteiger partial charge is 0.471 e. The molecule has 3 heterocycles. The van der Waals surface area contributed by atoms with Gasteiger partial charge in [0.15, 0.2) is 0 Å². The number of aryl methyl sites for hydroxylation is 1. The van der Waals surface area contributed by atoms with Crippen LogP contribution in [0.25, 0.3) is 22.4 Å². The van der Waals surface area contributed by atoms with Crippen molar-refractivity contribution in [2.75, 3.05) is 5.32 Å². The van der Waals surface area contributed by atoms with Gasteiger partial charge in [0, 0.05) is 17.1 Å². The summed E-state index contributed by atoms with van der Waals surface area (Å²) in [6.07, 6.45) is -2.57. The van der Waals surface area contributed by atoms with Gasteiger partial charge >= 0.3 is 18.2 Å². The molecule has 31 heavy (non-hydrogen) atoms. The van der Waals surface area contributed by atoms with Crippen molar-refractivity contribution in [3.05, 3.63) is 65.8 Å². The van der Waals surface area contributed by atoms with Crippen LogP contribution in [0.1, 0.15) is 17.0 Å². The van der Waals surface area contributed by atoms with Crippen LogP contribution in [0.15, 0.2) is 53.3 Å². The van der Waals surface area contributed by atoms with Gasteiger partial charge in [-0.2, -0.15) is 18.2 Å². The Balaban J connectivity index is 1.40. The number of anilines is 1. The van der Waals surface area contributed by atoms with Gasteiger partial charge in [-0.3, -0.25) is 15.3 Å². The summed E-state index contributed by atoms with van der Waals surface area (Å²) in [6, 6.07) is 10.9. The van der Waals surface area contributed by atoms with Gasteiger partial charge in [-0.15, -0.1) is 0 Å². The van der Waals surface area contributed by atoms with E-state index in [1.54, 1.807) is 13.1 Å². The zero-order valence-corrected chi connectivity index (χ0v) is 16.0. The number of nitrogens with zero attached hydrogens (tertiary/aromatic N) is 4. The van der Waals surface area contributed by atoms with Crippen LogP contribution in [0, 0.1) is 6.92 Å². The van der Waals surface area contributed by atoms with Gasteiger partial charge in [-0.1, -0.05) is 23.4 Å². The van der Waals surface area contributed by atoms with Crippen molar-refractivity contribution in [1.82, 2.24) is 20.1 Å². The number of amides is 1. The molecule has 0 aliphatic heterocycles. The normalized spacial score (nSPS) is 11.5. The topological polar surface area (TPSA) is 103 Å². The second kappa shape index (κ2) is 8.01. The zero-order valence-electron chi connectivity index (χ0n) is 16.0. The average molecular weight is 429 g/mol. The molecule has 0 fully saturated rings. The number of halogens is 3. The summed E-state index contributed by atoms with van der Waals surface area (Å²) in [5, 5.41) is 6.75. The van der Waals surface area contributed by atoms with E-state index in [0.29, 0.717) is 11.3 Å². The summed E-state index contributed by atoms with van der Waals surface area (Å²) in [4.78, 5) is 23.7. The fraction of sp³-hybridized carbons (Fsp3) is 0.150. The fourth-order valence-electron chi connectivity index (χ4n) is 2.74. The minimum Gasteiger partial charge on any atom is -0.444 e. The smallest absolute Gasteiger partial charge is 0.444 e. The molecule has 4 aromatic rings. The van der Waals surface area contributed by atoms with E-state index in [1.807, 2.05) is 30.3 Å². The molecule has 0 spiro atoms. The molecule has 0 unspecified atom stereocenters. The number of hydrogen-bond donors (Lipinski definition) is 1. The predicted octanol–water partition coefficient (Wildman–Crippen LogP) is 4.76. The van der Waals surface area contributed by atoms with Crippen molar-refractivity contribution < 1.29 is 27.2 Å². The molecule has 0 aliphatic rings. The number of pyridine rings is 2. The third-order valence-electron chi connectivity index (χ3n) is 4.26. The van der Waals surface area contributed by atoms with Gasteiger partial charge in [0.05, 0.1) is 17.4 Å². The highest BCUT2D eigenvalue weighted by Crippen LogP contribution is 2.29. The Kier molecular flexibility index (Phi) is 5.24. The molecule has 158 valence electrons. The van der Waals surface area contributed by atoms with Gasteiger partial charge in [0.1, 0.15) is 12.3 Å². The lowest BCUT2D eigenvalue weighted by atomic mass is 10.2. The molecule has 4 rings (SSSR count). The highest BCUT2D eigenvalue weighted by molar-refractivity contribution is 5.85. The van der Waals surface area contributed by atoms with Crippen LogP contribution in [0.2, 0.25) is 0 Å². The van der Waals surface area contributed by atoms with Crippen molar-refractivity contribution in [2.24, 2.45) is 0 Å². The number of rotatable bonds is 4. The van der Waals surface area contributed by atoms with Gasteiger partial charge in [-0.05, 0) is 30.7 Å². The van der Waals surface area contributed by atoms with Gasteiger partial charge in [-0.25, -0.2) is 4.79 Å². The van der Waals surface area contributed by atoms with Crippen molar-refractivity contribution in [3.8, 4) is 11.5 Å². The number of ether oxygens (including phenoxy) is 1. The molecule has 1 amide bonds. The van der Waals surface area contributed by atoms with Crippen LogP contribution in [-0.2, 0) is 17.5 Å². The van der Waals surface area contributed by atoms with E-state index in [0.717, 1.165) is 16.5 Å². The summed E-state index contributed by atoms with van der Waals surface area (Å²) in [7, 11) is 0. The number of hydrogen-bond acceptors (Lipinski definition) is 7. The third-order valence-corrected chi connectivity index (χ3v) is 4.26. The standard InChI is InChI=1S/C20H14F3N5O3/c1-11-6-15(17-27-18(31-28-17)20(21,22)23)25-9-16(11)26-19(29)30-10-12-7-13-4-2-3-5-14(13)24-8-12/h2-9H,10H2,1H3,(H,26,29). The van der Waals surface area contributed by atoms with Crippen LogP contribution in [-0.4, -0.2) is 26.2 Å². The third kappa shape index (κ3) is 4.60. The first-order valence-corrected chi connectivity index (χ1v) is 8.95. The predicted molar refractivity (Wildman–Crippen MR) is 103 cm³/mol. The van der Waals surface area contributed by atoms with E-state index in [-0.39, 0.29) is 18.1 Å². The molecule has 0 aliphatic carbocycles. The lowest BCUT2D eigenvalue weighted by Crippen LogP contribution is -2.14. The lowest BCUT2D eigenvalue weighted by Gasteiger charge is -2.10. The Morgan fingerprint density at radius 3 is 2.71 bits per heavy atom. The quantitative estimate of drug-likeness (QED) is 0.499. The first-order chi connectivity index (χ1) is 14.8. The molecular weight excluding hydrogens is 415 g/mol. The second-order valence-corrected chi connectivity index (χ2v) is 6.54. The Morgan fingerprint density at radius 2 is 1.97 bits per heavy atom. The summed E-state index contributed by atoms with van der Waals surface area (Å²) in [5.41, 5.74) is 2.47.